The van der Waals surface area contributed by atoms with E-state index < -0.39 is 0 Å². The standard InChI is InChI=1S/C15H17NO2/c17-10-14-13-9-12(16-7-1-2-8-16)5-3-11(13)4-6-15(14)18/h3-6,9,17-18H,1-2,7-8,10H2. The second kappa shape index (κ2) is 4.50. The van der Waals surface area contributed by atoms with Gasteiger partial charge in [-0.15, -0.1) is 0 Å². The summed E-state index contributed by atoms with van der Waals surface area (Å²) in [5.74, 6) is 0.170. The first kappa shape index (κ1) is 11.4. The van der Waals surface area contributed by atoms with Crippen molar-refractivity contribution in [2.75, 3.05) is 18.0 Å². The largest absolute Gasteiger partial charge is 0.508 e. The van der Waals surface area contributed by atoms with Crippen LogP contribution in [0, 0.1) is 0 Å². The monoisotopic (exact) mass is 243 g/mol. The minimum Gasteiger partial charge on any atom is -0.508 e. The quantitative estimate of drug-likeness (QED) is 0.852. The molecule has 1 aliphatic rings. The topological polar surface area (TPSA) is 43.7 Å². The maximum atomic E-state index is 9.79. The Bertz CT molecular complexity index is 574. The van der Waals surface area contributed by atoms with Gasteiger partial charge >= 0.3 is 0 Å². The molecule has 0 unspecified atom stereocenters. The van der Waals surface area contributed by atoms with Gasteiger partial charge in [0.05, 0.1) is 6.61 Å². The number of fused-ring (bicyclic) bond motifs is 1. The molecule has 1 aliphatic heterocycles. The SMILES string of the molecule is OCc1c(O)ccc2ccc(N3CCCC3)cc12. The lowest BCUT2D eigenvalue weighted by atomic mass is 10.0. The Morgan fingerprint density at radius 1 is 1.06 bits per heavy atom. The Labute approximate surface area is 106 Å². The fourth-order valence-electron chi connectivity index (χ4n) is 2.70. The summed E-state index contributed by atoms with van der Waals surface area (Å²) >= 11 is 0. The van der Waals surface area contributed by atoms with Gasteiger partial charge in [0.2, 0.25) is 0 Å². The summed E-state index contributed by atoms with van der Waals surface area (Å²) in [5, 5.41) is 21.2. The van der Waals surface area contributed by atoms with Gasteiger partial charge in [0, 0.05) is 24.3 Å². The van der Waals surface area contributed by atoms with Crippen LogP contribution >= 0.6 is 0 Å². The van der Waals surface area contributed by atoms with Crippen molar-refractivity contribution in [1.29, 1.82) is 0 Å². The number of aliphatic hydroxyl groups excluding tert-OH is 1. The van der Waals surface area contributed by atoms with E-state index in [0.29, 0.717) is 5.56 Å². The lowest BCUT2D eigenvalue weighted by Crippen LogP contribution is -2.17. The highest BCUT2D eigenvalue weighted by Gasteiger charge is 2.14. The van der Waals surface area contributed by atoms with Crippen molar-refractivity contribution in [1.82, 2.24) is 0 Å². The van der Waals surface area contributed by atoms with Gasteiger partial charge in [0.15, 0.2) is 0 Å². The molecule has 0 atom stereocenters. The Hall–Kier alpha value is -1.74. The van der Waals surface area contributed by atoms with Crippen LogP contribution in [0.15, 0.2) is 30.3 Å². The third-order valence-electron chi connectivity index (χ3n) is 3.72. The Morgan fingerprint density at radius 2 is 1.78 bits per heavy atom. The summed E-state index contributed by atoms with van der Waals surface area (Å²) in [6, 6.07) is 9.78. The van der Waals surface area contributed by atoms with Crippen LogP contribution in [0.25, 0.3) is 10.8 Å². The molecule has 2 aromatic carbocycles. The van der Waals surface area contributed by atoms with Crippen molar-refractivity contribution < 1.29 is 10.2 Å². The van der Waals surface area contributed by atoms with Crippen LogP contribution in [0.5, 0.6) is 5.75 Å². The zero-order valence-corrected chi connectivity index (χ0v) is 10.3. The molecule has 94 valence electrons. The number of hydrogen-bond donors (Lipinski definition) is 2. The third-order valence-corrected chi connectivity index (χ3v) is 3.72. The molecule has 0 saturated carbocycles. The molecule has 3 heteroatoms. The van der Waals surface area contributed by atoms with E-state index in [0.717, 1.165) is 23.9 Å². The number of hydrogen-bond acceptors (Lipinski definition) is 3. The Balaban J connectivity index is 2.14. The second-order valence-electron chi connectivity index (χ2n) is 4.82. The zero-order chi connectivity index (χ0) is 12.5. The average Bonchev–Trinajstić information content (AvgIpc) is 2.92. The van der Waals surface area contributed by atoms with Gasteiger partial charge in [-0.1, -0.05) is 12.1 Å². The van der Waals surface area contributed by atoms with Crippen LogP contribution in [0.3, 0.4) is 0 Å². The minimum absolute atomic E-state index is 0.132. The van der Waals surface area contributed by atoms with Crippen LogP contribution in [-0.4, -0.2) is 23.3 Å². The summed E-state index contributed by atoms with van der Waals surface area (Å²) in [5.41, 5.74) is 1.80. The van der Waals surface area contributed by atoms with E-state index in [1.54, 1.807) is 6.07 Å². The second-order valence-corrected chi connectivity index (χ2v) is 4.82. The highest BCUT2D eigenvalue weighted by atomic mass is 16.3. The van der Waals surface area contributed by atoms with Gasteiger partial charge in [-0.25, -0.2) is 0 Å². The van der Waals surface area contributed by atoms with Crippen LogP contribution in [0.1, 0.15) is 18.4 Å². The van der Waals surface area contributed by atoms with Gasteiger partial charge in [-0.05, 0) is 41.8 Å². The van der Waals surface area contributed by atoms with Crippen LogP contribution < -0.4 is 4.90 Å². The van der Waals surface area contributed by atoms with Gasteiger partial charge in [-0.3, -0.25) is 0 Å². The van der Waals surface area contributed by atoms with E-state index in [1.165, 1.54) is 18.5 Å². The summed E-state index contributed by atoms with van der Waals surface area (Å²) in [6.07, 6.45) is 2.48. The molecule has 1 heterocycles. The summed E-state index contributed by atoms with van der Waals surface area (Å²) in [7, 11) is 0. The molecule has 2 N–H and O–H groups in total. The van der Waals surface area contributed by atoms with Gasteiger partial charge in [0.1, 0.15) is 5.75 Å². The molecule has 18 heavy (non-hydrogen) atoms. The van der Waals surface area contributed by atoms with Crippen molar-refractivity contribution in [2.45, 2.75) is 19.4 Å². The van der Waals surface area contributed by atoms with E-state index in [4.69, 9.17) is 0 Å². The lowest BCUT2D eigenvalue weighted by Gasteiger charge is -2.18. The summed E-state index contributed by atoms with van der Waals surface area (Å²) in [6.45, 7) is 2.06. The van der Waals surface area contributed by atoms with Crippen molar-refractivity contribution >= 4 is 16.5 Å². The predicted octanol–water partition coefficient (Wildman–Crippen LogP) is 2.64. The first-order valence-corrected chi connectivity index (χ1v) is 6.40. The highest BCUT2D eigenvalue weighted by molar-refractivity contribution is 5.90. The maximum absolute atomic E-state index is 9.79. The highest BCUT2D eigenvalue weighted by Crippen LogP contribution is 2.31. The van der Waals surface area contributed by atoms with Gasteiger partial charge in [-0.2, -0.15) is 0 Å². The first-order valence-electron chi connectivity index (χ1n) is 6.40. The summed E-state index contributed by atoms with van der Waals surface area (Å²) in [4.78, 5) is 2.35. The van der Waals surface area contributed by atoms with Crippen LogP contribution in [0.2, 0.25) is 0 Å². The molecule has 0 radical (unpaired) electrons. The van der Waals surface area contributed by atoms with Crippen molar-refractivity contribution in [2.24, 2.45) is 0 Å². The number of nitrogens with zero attached hydrogens (tertiary/aromatic N) is 1. The number of phenols is 1. The Kier molecular flexibility index (Phi) is 2.84. The molecular weight excluding hydrogens is 226 g/mol. The number of aromatic hydroxyl groups is 1. The smallest absolute Gasteiger partial charge is 0.121 e. The molecule has 1 fully saturated rings. The van der Waals surface area contributed by atoms with E-state index >= 15 is 0 Å². The number of anilines is 1. The van der Waals surface area contributed by atoms with Gasteiger partial charge in [0.25, 0.3) is 0 Å². The molecule has 1 saturated heterocycles. The number of rotatable bonds is 2. The zero-order valence-electron chi connectivity index (χ0n) is 10.3. The fraction of sp³-hybridized carbons (Fsp3) is 0.333. The van der Waals surface area contributed by atoms with Crippen LogP contribution in [-0.2, 0) is 6.61 Å². The van der Waals surface area contributed by atoms with Crippen molar-refractivity contribution in [3.8, 4) is 5.75 Å². The van der Waals surface area contributed by atoms with Crippen molar-refractivity contribution in [3.63, 3.8) is 0 Å². The average molecular weight is 243 g/mol. The fourth-order valence-corrected chi connectivity index (χ4v) is 2.70. The molecule has 0 bridgehead atoms. The molecule has 3 nitrogen and oxygen atoms in total. The summed E-state index contributed by atoms with van der Waals surface area (Å²) < 4.78 is 0. The molecule has 3 rings (SSSR count). The molecular formula is C15H17NO2. The molecule has 0 aliphatic carbocycles. The normalized spacial score (nSPS) is 15.5. The molecule has 0 aromatic heterocycles. The van der Waals surface area contributed by atoms with E-state index in [-0.39, 0.29) is 12.4 Å². The van der Waals surface area contributed by atoms with E-state index in [9.17, 15) is 10.2 Å². The first-order chi connectivity index (χ1) is 8.79. The number of aliphatic hydroxyl groups is 1. The van der Waals surface area contributed by atoms with E-state index in [1.807, 2.05) is 6.07 Å². The van der Waals surface area contributed by atoms with Gasteiger partial charge < -0.3 is 15.1 Å². The van der Waals surface area contributed by atoms with E-state index in [2.05, 4.69) is 23.1 Å². The lowest BCUT2D eigenvalue weighted by molar-refractivity contribution is 0.277. The van der Waals surface area contributed by atoms with Crippen LogP contribution in [0.4, 0.5) is 5.69 Å². The molecule has 0 amide bonds. The minimum atomic E-state index is -0.132. The van der Waals surface area contributed by atoms with Crippen molar-refractivity contribution in [3.05, 3.63) is 35.9 Å². The predicted molar refractivity (Wildman–Crippen MR) is 73.0 cm³/mol. The maximum Gasteiger partial charge on any atom is 0.121 e. The Morgan fingerprint density at radius 3 is 2.50 bits per heavy atom. The third kappa shape index (κ3) is 1.81. The molecule has 2 aromatic rings. The molecule has 0 spiro atoms. The number of benzene rings is 2.